The Balaban J connectivity index is 2.72. The van der Waals surface area contributed by atoms with Crippen molar-refractivity contribution in [2.45, 2.75) is 26.7 Å². The van der Waals surface area contributed by atoms with Gasteiger partial charge in [-0.15, -0.1) is 0 Å². The number of nitro groups is 1. The Kier molecular flexibility index (Phi) is 5.83. The van der Waals surface area contributed by atoms with Crippen LogP contribution in [0.3, 0.4) is 0 Å². The van der Waals surface area contributed by atoms with Crippen LogP contribution in [0, 0.1) is 23.0 Å². The number of rotatable bonds is 7. The van der Waals surface area contributed by atoms with Crippen molar-refractivity contribution in [3.8, 4) is 0 Å². The number of carbonyl (C=O) groups excluding carboxylic acids is 1. The molecule has 7 heteroatoms. The first-order valence-corrected chi connectivity index (χ1v) is 6.57. The van der Waals surface area contributed by atoms with Crippen molar-refractivity contribution in [2.75, 3.05) is 6.54 Å². The molecule has 2 N–H and O–H groups in total. The second-order valence-electron chi connectivity index (χ2n) is 4.97. The molecule has 0 radical (unpaired) electrons. The van der Waals surface area contributed by atoms with Gasteiger partial charge in [0.05, 0.1) is 4.92 Å². The van der Waals surface area contributed by atoms with Crippen LogP contribution in [-0.4, -0.2) is 28.5 Å². The average Bonchev–Trinajstić information content (AvgIpc) is 2.42. The molecule has 0 aliphatic carbocycles. The third-order valence-corrected chi connectivity index (χ3v) is 3.14. The number of aliphatic carboxylic acids is 1. The second-order valence-corrected chi connectivity index (χ2v) is 4.97. The van der Waals surface area contributed by atoms with E-state index in [1.165, 1.54) is 12.1 Å². The Hall–Kier alpha value is -2.44. The van der Waals surface area contributed by atoms with Crippen molar-refractivity contribution >= 4 is 17.6 Å². The monoisotopic (exact) mass is 294 g/mol. The Morgan fingerprint density at radius 1 is 1.43 bits per heavy atom. The summed E-state index contributed by atoms with van der Waals surface area (Å²) in [5, 5.41) is 22.2. The number of carboxylic acid groups (broad SMARTS) is 1. The number of carbonyl (C=O) groups is 2. The predicted octanol–water partition coefficient (Wildman–Crippen LogP) is 2.13. The minimum absolute atomic E-state index is 0.0203. The molecule has 0 saturated carbocycles. The second kappa shape index (κ2) is 7.37. The van der Waals surface area contributed by atoms with E-state index in [4.69, 9.17) is 5.11 Å². The molecule has 1 atom stereocenters. The third-order valence-electron chi connectivity index (χ3n) is 3.14. The number of aryl methyl sites for hydroxylation is 1. The number of nitro benzene ring substituents is 1. The molecular formula is C14H18N2O5. The molecule has 1 aromatic carbocycles. The largest absolute Gasteiger partial charge is 0.481 e. The minimum atomic E-state index is -0.886. The van der Waals surface area contributed by atoms with Crippen molar-refractivity contribution in [3.05, 3.63) is 39.4 Å². The van der Waals surface area contributed by atoms with Crippen LogP contribution < -0.4 is 5.32 Å². The number of amides is 1. The van der Waals surface area contributed by atoms with E-state index in [0.717, 1.165) is 0 Å². The Morgan fingerprint density at radius 3 is 2.67 bits per heavy atom. The van der Waals surface area contributed by atoms with Crippen LogP contribution in [0.5, 0.6) is 0 Å². The molecule has 1 amide bonds. The molecular weight excluding hydrogens is 276 g/mol. The summed E-state index contributed by atoms with van der Waals surface area (Å²) < 4.78 is 0. The normalized spacial score (nSPS) is 11.7. The van der Waals surface area contributed by atoms with Crippen LogP contribution in [0.4, 0.5) is 5.69 Å². The van der Waals surface area contributed by atoms with Gasteiger partial charge in [0.25, 0.3) is 11.6 Å². The molecule has 0 aliphatic rings. The van der Waals surface area contributed by atoms with Gasteiger partial charge in [-0.3, -0.25) is 19.7 Å². The van der Waals surface area contributed by atoms with E-state index in [1.807, 2.05) is 6.92 Å². The summed E-state index contributed by atoms with van der Waals surface area (Å²) in [6.07, 6.45) is 0.465. The lowest BCUT2D eigenvalue weighted by Crippen LogP contribution is -2.29. The highest BCUT2D eigenvalue weighted by atomic mass is 16.6. The Labute approximate surface area is 122 Å². The summed E-state index contributed by atoms with van der Waals surface area (Å²) >= 11 is 0. The molecule has 0 heterocycles. The summed E-state index contributed by atoms with van der Waals surface area (Å²) in [5.74, 6) is -1.42. The summed E-state index contributed by atoms with van der Waals surface area (Å²) in [4.78, 5) is 32.9. The molecule has 0 spiro atoms. The lowest BCUT2D eigenvalue weighted by Gasteiger charge is -2.12. The van der Waals surface area contributed by atoms with Crippen LogP contribution >= 0.6 is 0 Å². The molecule has 0 aromatic heterocycles. The highest BCUT2D eigenvalue weighted by Gasteiger charge is 2.22. The smallest absolute Gasteiger partial charge is 0.303 e. The molecule has 1 rings (SSSR count). The fourth-order valence-corrected chi connectivity index (χ4v) is 1.93. The van der Waals surface area contributed by atoms with Gasteiger partial charge in [-0.25, -0.2) is 0 Å². The molecule has 21 heavy (non-hydrogen) atoms. The van der Waals surface area contributed by atoms with Crippen molar-refractivity contribution in [2.24, 2.45) is 5.92 Å². The van der Waals surface area contributed by atoms with Gasteiger partial charge in [0, 0.05) is 19.0 Å². The van der Waals surface area contributed by atoms with Crippen molar-refractivity contribution in [3.63, 3.8) is 0 Å². The van der Waals surface area contributed by atoms with E-state index in [0.29, 0.717) is 12.0 Å². The van der Waals surface area contributed by atoms with E-state index < -0.39 is 16.8 Å². The summed E-state index contributed by atoms with van der Waals surface area (Å²) in [6, 6.07) is 4.45. The minimum Gasteiger partial charge on any atom is -0.481 e. The maximum absolute atomic E-state index is 12.1. The quantitative estimate of drug-likeness (QED) is 0.591. The van der Waals surface area contributed by atoms with Crippen LogP contribution in [-0.2, 0) is 4.79 Å². The molecule has 114 valence electrons. The molecule has 0 fully saturated rings. The fourth-order valence-electron chi connectivity index (χ4n) is 1.93. The molecule has 0 saturated heterocycles. The molecule has 0 bridgehead atoms. The van der Waals surface area contributed by atoms with Gasteiger partial charge in [-0.05, 0) is 24.8 Å². The Morgan fingerprint density at radius 2 is 2.10 bits per heavy atom. The van der Waals surface area contributed by atoms with Gasteiger partial charge in [-0.1, -0.05) is 19.1 Å². The van der Waals surface area contributed by atoms with E-state index in [1.54, 1.807) is 13.0 Å². The SMILES string of the molecule is Cc1cccc([N+](=O)[O-])c1C(=O)NCC(C)CCC(=O)O. The van der Waals surface area contributed by atoms with Gasteiger partial charge < -0.3 is 10.4 Å². The average molecular weight is 294 g/mol. The number of hydrogen-bond donors (Lipinski definition) is 2. The lowest BCUT2D eigenvalue weighted by molar-refractivity contribution is -0.385. The van der Waals surface area contributed by atoms with E-state index in [2.05, 4.69) is 5.32 Å². The van der Waals surface area contributed by atoms with Gasteiger partial charge >= 0.3 is 5.97 Å². The van der Waals surface area contributed by atoms with Crippen molar-refractivity contribution < 1.29 is 19.6 Å². The predicted molar refractivity (Wildman–Crippen MR) is 76.2 cm³/mol. The first kappa shape index (κ1) is 16.6. The maximum Gasteiger partial charge on any atom is 0.303 e. The molecule has 1 aromatic rings. The summed E-state index contributed by atoms with van der Waals surface area (Å²) in [7, 11) is 0. The molecule has 1 unspecified atom stereocenters. The zero-order valence-corrected chi connectivity index (χ0v) is 12.0. The van der Waals surface area contributed by atoms with Crippen molar-refractivity contribution in [1.29, 1.82) is 0 Å². The number of nitrogens with one attached hydrogen (secondary N) is 1. The topological polar surface area (TPSA) is 110 Å². The summed E-state index contributed by atoms with van der Waals surface area (Å²) in [5.41, 5.74) is 0.346. The van der Waals surface area contributed by atoms with Crippen LogP contribution in [0.25, 0.3) is 0 Å². The van der Waals surface area contributed by atoms with E-state index >= 15 is 0 Å². The number of benzene rings is 1. The van der Waals surface area contributed by atoms with Gasteiger partial charge in [0.1, 0.15) is 5.56 Å². The van der Waals surface area contributed by atoms with E-state index in [-0.39, 0.29) is 30.1 Å². The van der Waals surface area contributed by atoms with Gasteiger partial charge in [-0.2, -0.15) is 0 Å². The highest BCUT2D eigenvalue weighted by molar-refractivity contribution is 5.99. The zero-order valence-electron chi connectivity index (χ0n) is 12.0. The van der Waals surface area contributed by atoms with Crippen LogP contribution in [0.2, 0.25) is 0 Å². The number of hydrogen-bond acceptors (Lipinski definition) is 4. The maximum atomic E-state index is 12.1. The number of carboxylic acids is 1. The molecule has 0 aliphatic heterocycles. The van der Waals surface area contributed by atoms with Crippen LogP contribution in [0.1, 0.15) is 35.7 Å². The highest BCUT2D eigenvalue weighted by Crippen LogP contribution is 2.21. The summed E-state index contributed by atoms with van der Waals surface area (Å²) in [6.45, 7) is 3.73. The molecule has 7 nitrogen and oxygen atoms in total. The first-order valence-electron chi connectivity index (χ1n) is 6.57. The zero-order chi connectivity index (χ0) is 16.0. The van der Waals surface area contributed by atoms with Crippen molar-refractivity contribution in [1.82, 2.24) is 5.32 Å². The van der Waals surface area contributed by atoms with Gasteiger partial charge in [0.15, 0.2) is 0 Å². The standard InChI is InChI=1S/C14H18N2O5/c1-9(6-7-12(17)18)8-15-14(19)13-10(2)4-3-5-11(13)16(20)21/h3-5,9H,6-8H2,1-2H3,(H,15,19)(H,17,18). The van der Waals surface area contributed by atoms with Crippen LogP contribution in [0.15, 0.2) is 18.2 Å². The third kappa shape index (κ3) is 4.87. The fraction of sp³-hybridized carbons (Fsp3) is 0.429. The first-order chi connectivity index (χ1) is 9.82. The van der Waals surface area contributed by atoms with E-state index in [9.17, 15) is 19.7 Å². The Bertz CT molecular complexity index is 556. The van der Waals surface area contributed by atoms with Gasteiger partial charge in [0.2, 0.25) is 0 Å². The number of nitrogens with zero attached hydrogens (tertiary/aromatic N) is 1. The lowest BCUT2D eigenvalue weighted by atomic mass is 10.0.